The molecule has 0 unspecified atom stereocenters. The van der Waals surface area contributed by atoms with Crippen LogP contribution in [0.5, 0.6) is 0 Å². The molecule has 3 nitrogen and oxygen atoms in total. The Kier molecular flexibility index (Phi) is 2.09. The van der Waals surface area contributed by atoms with E-state index >= 15 is 0 Å². The van der Waals surface area contributed by atoms with Gasteiger partial charge in [-0.15, -0.1) is 11.3 Å². The number of hydrogen-bond donors (Lipinski definition) is 1. The third-order valence-corrected chi connectivity index (χ3v) is 4.46. The summed E-state index contributed by atoms with van der Waals surface area (Å²) >= 11 is 6.71. The van der Waals surface area contributed by atoms with E-state index in [2.05, 4.69) is 11.9 Å². The van der Waals surface area contributed by atoms with Gasteiger partial charge in [0.1, 0.15) is 4.70 Å². The zero-order valence-corrected chi connectivity index (χ0v) is 10.6. The van der Waals surface area contributed by atoms with E-state index in [1.807, 2.05) is 11.4 Å². The molecule has 0 radical (unpaired) electrons. The lowest BCUT2D eigenvalue weighted by Gasteiger charge is -2.11. The summed E-state index contributed by atoms with van der Waals surface area (Å²) in [5.74, 6) is 0. The molecule has 0 atom stereocenters. The van der Waals surface area contributed by atoms with Crippen LogP contribution in [0, 0.1) is 10.2 Å². The summed E-state index contributed by atoms with van der Waals surface area (Å²) < 4.78 is 3.03. The Hall–Kier alpha value is -0.940. The van der Waals surface area contributed by atoms with Crippen LogP contribution in [0.3, 0.4) is 0 Å². The maximum absolute atomic E-state index is 12.2. The molecule has 1 fully saturated rings. The summed E-state index contributed by atoms with van der Waals surface area (Å²) in [6, 6.07) is 1.90. The zero-order valence-electron chi connectivity index (χ0n) is 8.95. The molecule has 1 aliphatic rings. The molecule has 2 aromatic heterocycles. The van der Waals surface area contributed by atoms with Gasteiger partial charge < -0.3 is 4.98 Å². The van der Waals surface area contributed by atoms with E-state index in [-0.39, 0.29) is 11.0 Å². The lowest BCUT2D eigenvalue weighted by molar-refractivity contribution is 0.449. The molecule has 0 aliphatic heterocycles. The van der Waals surface area contributed by atoms with Crippen molar-refractivity contribution in [1.29, 1.82) is 0 Å². The van der Waals surface area contributed by atoms with Gasteiger partial charge in [-0.05, 0) is 41.9 Å². The van der Waals surface area contributed by atoms with Gasteiger partial charge in [0.05, 0.1) is 5.52 Å². The second-order valence-electron chi connectivity index (χ2n) is 4.80. The normalized spacial score (nSPS) is 17.8. The summed E-state index contributed by atoms with van der Waals surface area (Å²) in [5, 5.41) is 1.92. The molecule has 1 aliphatic carbocycles. The molecule has 5 heteroatoms. The Balaban J connectivity index is 2.23. The van der Waals surface area contributed by atoms with E-state index in [4.69, 9.17) is 12.2 Å². The third kappa shape index (κ3) is 1.55. The highest BCUT2D eigenvalue weighted by Crippen LogP contribution is 2.46. The predicted octanol–water partition coefficient (Wildman–Crippen LogP) is 2.92. The van der Waals surface area contributed by atoms with Crippen molar-refractivity contribution < 1.29 is 0 Å². The van der Waals surface area contributed by atoms with Crippen molar-refractivity contribution in [2.45, 2.75) is 26.3 Å². The van der Waals surface area contributed by atoms with Gasteiger partial charge in [-0.2, -0.15) is 0 Å². The molecule has 0 amide bonds. The summed E-state index contributed by atoms with van der Waals surface area (Å²) in [6.07, 6.45) is 2.38. The van der Waals surface area contributed by atoms with Crippen molar-refractivity contribution in [2.75, 3.05) is 0 Å². The first-order valence-electron chi connectivity index (χ1n) is 5.29. The van der Waals surface area contributed by atoms with Crippen molar-refractivity contribution in [3.63, 3.8) is 0 Å². The van der Waals surface area contributed by atoms with Crippen LogP contribution < -0.4 is 5.56 Å². The van der Waals surface area contributed by atoms with Crippen LogP contribution >= 0.6 is 23.6 Å². The van der Waals surface area contributed by atoms with Gasteiger partial charge in [0.25, 0.3) is 5.56 Å². The smallest absolute Gasteiger partial charge is 0.272 e. The molecule has 0 bridgehead atoms. The Morgan fingerprint density at radius 3 is 3.06 bits per heavy atom. The molecule has 0 spiro atoms. The van der Waals surface area contributed by atoms with Crippen LogP contribution in [0.25, 0.3) is 10.2 Å². The van der Waals surface area contributed by atoms with E-state index in [1.165, 1.54) is 24.2 Å². The number of aromatic amines is 1. The highest BCUT2D eigenvalue weighted by atomic mass is 32.1. The van der Waals surface area contributed by atoms with Gasteiger partial charge in [-0.1, -0.05) is 6.92 Å². The molecule has 1 N–H and O–H groups in total. The van der Waals surface area contributed by atoms with Crippen molar-refractivity contribution in [3.05, 3.63) is 26.6 Å². The SMILES string of the molecule is CC1(Cn2c(=S)[nH]c3ccsc3c2=O)CC1. The monoisotopic (exact) mass is 252 g/mol. The van der Waals surface area contributed by atoms with Gasteiger partial charge in [-0.25, -0.2) is 0 Å². The minimum Gasteiger partial charge on any atom is -0.331 e. The summed E-state index contributed by atoms with van der Waals surface area (Å²) in [4.78, 5) is 15.3. The van der Waals surface area contributed by atoms with Gasteiger partial charge in [-0.3, -0.25) is 9.36 Å². The Morgan fingerprint density at radius 1 is 1.62 bits per heavy atom. The quantitative estimate of drug-likeness (QED) is 0.834. The lowest BCUT2D eigenvalue weighted by atomic mass is 10.1. The van der Waals surface area contributed by atoms with Crippen molar-refractivity contribution >= 4 is 33.8 Å². The van der Waals surface area contributed by atoms with Crippen LogP contribution in [0.15, 0.2) is 16.2 Å². The molecule has 16 heavy (non-hydrogen) atoms. The third-order valence-electron chi connectivity index (χ3n) is 3.23. The second-order valence-corrected chi connectivity index (χ2v) is 6.10. The van der Waals surface area contributed by atoms with E-state index in [0.29, 0.717) is 4.77 Å². The Morgan fingerprint density at radius 2 is 2.38 bits per heavy atom. The molecule has 2 heterocycles. The van der Waals surface area contributed by atoms with Crippen LogP contribution in [0.1, 0.15) is 19.8 Å². The van der Waals surface area contributed by atoms with E-state index in [9.17, 15) is 4.79 Å². The maximum atomic E-state index is 12.2. The van der Waals surface area contributed by atoms with E-state index < -0.39 is 0 Å². The van der Waals surface area contributed by atoms with E-state index in [1.54, 1.807) is 4.57 Å². The maximum Gasteiger partial charge on any atom is 0.272 e. The highest BCUT2D eigenvalue weighted by molar-refractivity contribution is 7.71. The summed E-state index contributed by atoms with van der Waals surface area (Å²) in [7, 11) is 0. The first-order valence-corrected chi connectivity index (χ1v) is 6.58. The minimum atomic E-state index is 0.0573. The molecule has 2 aromatic rings. The van der Waals surface area contributed by atoms with Gasteiger partial charge in [0, 0.05) is 6.54 Å². The van der Waals surface area contributed by atoms with E-state index in [0.717, 1.165) is 16.8 Å². The lowest BCUT2D eigenvalue weighted by Crippen LogP contribution is -2.24. The van der Waals surface area contributed by atoms with Gasteiger partial charge in [0.2, 0.25) is 0 Å². The van der Waals surface area contributed by atoms with Crippen LogP contribution in [0.4, 0.5) is 0 Å². The number of aromatic nitrogens is 2. The number of nitrogens with zero attached hydrogens (tertiary/aromatic N) is 1. The number of thiophene rings is 1. The molecule has 84 valence electrons. The number of fused-ring (bicyclic) bond motifs is 1. The number of hydrogen-bond acceptors (Lipinski definition) is 3. The van der Waals surface area contributed by atoms with Crippen LogP contribution in [-0.2, 0) is 6.54 Å². The van der Waals surface area contributed by atoms with Crippen molar-refractivity contribution in [2.24, 2.45) is 5.41 Å². The first kappa shape index (κ1) is 10.2. The molecule has 1 saturated carbocycles. The van der Waals surface area contributed by atoms with Crippen LogP contribution in [0.2, 0.25) is 0 Å². The predicted molar refractivity (Wildman–Crippen MR) is 68.6 cm³/mol. The number of nitrogens with one attached hydrogen (secondary N) is 1. The number of rotatable bonds is 2. The van der Waals surface area contributed by atoms with Crippen molar-refractivity contribution in [3.8, 4) is 0 Å². The highest BCUT2D eigenvalue weighted by Gasteiger charge is 2.38. The number of H-pyrrole nitrogens is 1. The average Bonchev–Trinajstić information content (AvgIpc) is 2.77. The fraction of sp³-hybridized carbons (Fsp3) is 0.455. The minimum absolute atomic E-state index is 0.0573. The standard InChI is InChI=1S/C11H12N2OS2/c1-11(3-4-11)6-13-9(14)8-7(2-5-16-8)12-10(13)15/h2,5H,3-4,6H2,1H3,(H,12,15). The molecule has 0 aromatic carbocycles. The molecule has 3 rings (SSSR count). The van der Waals surface area contributed by atoms with Gasteiger partial charge in [0.15, 0.2) is 4.77 Å². The van der Waals surface area contributed by atoms with Crippen molar-refractivity contribution in [1.82, 2.24) is 9.55 Å². The largest absolute Gasteiger partial charge is 0.331 e. The first-order chi connectivity index (χ1) is 7.59. The summed E-state index contributed by atoms with van der Waals surface area (Å²) in [5.41, 5.74) is 1.20. The fourth-order valence-electron chi connectivity index (χ4n) is 1.87. The van der Waals surface area contributed by atoms with Crippen LogP contribution in [-0.4, -0.2) is 9.55 Å². The average molecular weight is 252 g/mol. The topological polar surface area (TPSA) is 37.8 Å². The fourth-order valence-corrected chi connectivity index (χ4v) is 2.92. The summed E-state index contributed by atoms with van der Waals surface area (Å²) in [6.45, 7) is 2.95. The molecule has 0 saturated heterocycles. The molecular formula is C11H12N2OS2. The zero-order chi connectivity index (χ0) is 11.3. The Bertz CT molecular complexity index is 660. The molecular weight excluding hydrogens is 240 g/mol. The van der Waals surface area contributed by atoms with Gasteiger partial charge >= 0.3 is 0 Å². The Labute approximate surface area is 102 Å². The second kappa shape index (κ2) is 3.28.